The number of benzene rings is 1. The molecule has 0 atom stereocenters. The van der Waals surface area contributed by atoms with Gasteiger partial charge in [-0.2, -0.15) is 0 Å². The van der Waals surface area contributed by atoms with Crippen molar-refractivity contribution in [3.05, 3.63) is 48.0 Å². The third-order valence-electron chi connectivity index (χ3n) is 3.15. The minimum atomic E-state index is -0.631. The number of ether oxygens (including phenoxy) is 4. The number of alkyl halides is 1. The first-order valence-corrected chi connectivity index (χ1v) is 8.30. The molecule has 0 spiro atoms. The molecule has 25 heavy (non-hydrogen) atoms. The highest BCUT2D eigenvalue weighted by atomic mass is 79.9. The monoisotopic (exact) mass is 408 g/mol. The van der Waals surface area contributed by atoms with Crippen LogP contribution in [0.4, 0.5) is 0 Å². The van der Waals surface area contributed by atoms with E-state index in [0.29, 0.717) is 11.1 Å². The molecule has 0 aliphatic rings. The summed E-state index contributed by atoms with van der Waals surface area (Å²) in [5.41, 5.74) is 1.35. The van der Waals surface area contributed by atoms with Gasteiger partial charge in [0.15, 0.2) is 0 Å². The summed E-state index contributed by atoms with van der Waals surface area (Å²) in [5.74, 6) is 0.234. The normalized spacial score (nSPS) is 11.0. The van der Waals surface area contributed by atoms with Crippen molar-refractivity contribution in [3.8, 4) is 17.5 Å². The van der Waals surface area contributed by atoms with E-state index in [9.17, 15) is 4.79 Å². The van der Waals surface area contributed by atoms with Gasteiger partial charge in [0.2, 0.25) is 11.8 Å². The molecule has 0 saturated heterocycles. The maximum absolute atomic E-state index is 12.1. The molecule has 0 bridgehead atoms. The lowest BCUT2D eigenvalue weighted by Crippen LogP contribution is -2.09. The molecule has 0 N–H and O–H groups in total. The molecule has 0 radical (unpaired) electrons. The summed E-state index contributed by atoms with van der Waals surface area (Å²) in [6.07, 6.45) is 2.52. The first-order chi connectivity index (χ1) is 12.1. The zero-order valence-electron chi connectivity index (χ0n) is 14.0. The molecular formula is C17H17BrN2O5. The van der Waals surface area contributed by atoms with Crippen LogP contribution in [0.3, 0.4) is 0 Å². The van der Waals surface area contributed by atoms with E-state index in [4.69, 9.17) is 18.9 Å². The summed E-state index contributed by atoms with van der Waals surface area (Å²) in [5, 5.41) is 0.682. The zero-order chi connectivity index (χ0) is 18.2. The lowest BCUT2D eigenvalue weighted by Gasteiger charge is -2.14. The number of methoxy groups -OCH3 is 3. The van der Waals surface area contributed by atoms with Crippen LogP contribution in [0.25, 0.3) is 5.57 Å². The number of rotatable bonds is 7. The molecule has 2 rings (SSSR count). The number of aromatic nitrogens is 2. The fourth-order valence-corrected chi connectivity index (χ4v) is 2.41. The topological polar surface area (TPSA) is 79.8 Å². The molecule has 7 nitrogen and oxygen atoms in total. The zero-order valence-corrected chi connectivity index (χ0v) is 15.6. The number of hydrogen-bond acceptors (Lipinski definition) is 7. The van der Waals surface area contributed by atoms with Crippen molar-refractivity contribution in [2.45, 2.75) is 5.33 Å². The molecule has 0 amide bonds. The Hall–Kier alpha value is -2.61. The van der Waals surface area contributed by atoms with E-state index < -0.39 is 5.97 Å². The van der Waals surface area contributed by atoms with Crippen molar-refractivity contribution < 1.29 is 23.7 Å². The summed E-state index contributed by atoms with van der Waals surface area (Å²) in [6.45, 7) is 0. The molecule has 1 aromatic carbocycles. The molecule has 8 heteroatoms. The van der Waals surface area contributed by atoms with E-state index >= 15 is 0 Å². The Labute approximate surface area is 153 Å². The van der Waals surface area contributed by atoms with E-state index in [0.717, 1.165) is 5.56 Å². The van der Waals surface area contributed by atoms with Gasteiger partial charge in [-0.05, 0) is 17.7 Å². The van der Waals surface area contributed by atoms with Crippen LogP contribution in [0.5, 0.6) is 17.5 Å². The standard InChI is InChI=1S/C17H17BrN2O5/c1-22-9-13(17(21)24-3)14-15(23-2)19-10-20-16(14)25-12-6-4-5-11(7-12)8-18/h4-7,9-10H,8H2,1-3H3. The minimum absolute atomic E-state index is 0.0779. The van der Waals surface area contributed by atoms with Crippen molar-refractivity contribution in [2.75, 3.05) is 21.3 Å². The fraction of sp³-hybridized carbons (Fsp3) is 0.235. The molecule has 0 saturated carbocycles. The molecule has 0 aliphatic heterocycles. The van der Waals surface area contributed by atoms with Crippen LogP contribution in [0.1, 0.15) is 11.1 Å². The summed E-state index contributed by atoms with van der Waals surface area (Å²) in [7, 11) is 4.12. The van der Waals surface area contributed by atoms with Gasteiger partial charge >= 0.3 is 5.97 Å². The predicted molar refractivity (Wildman–Crippen MR) is 94.7 cm³/mol. The van der Waals surface area contributed by atoms with Crippen molar-refractivity contribution in [2.24, 2.45) is 0 Å². The Morgan fingerprint density at radius 3 is 2.60 bits per heavy atom. The summed E-state index contributed by atoms with van der Waals surface area (Å²) < 4.78 is 20.9. The maximum Gasteiger partial charge on any atom is 0.342 e. The third-order valence-corrected chi connectivity index (χ3v) is 3.80. The van der Waals surface area contributed by atoms with Gasteiger partial charge in [0.05, 0.1) is 27.6 Å². The van der Waals surface area contributed by atoms with E-state index in [1.807, 2.05) is 18.2 Å². The highest BCUT2D eigenvalue weighted by Gasteiger charge is 2.25. The van der Waals surface area contributed by atoms with E-state index in [1.54, 1.807) is 6.07 Å². The minimum Gasteiger partial charge on any atom is -0.503 e. The fourth-order valence-electron chi connectivity index (χ4n) is 2.06. The maximum atomic E-state index is 12.1. The van der Waals surface area contributed by atoms with Gasteiger partial charge in [0.25, 0.3) is 0 Å². The Bertz CT molecular complexity index is 779. The molecular weight excluding hydrogens is 392 g/mol. The van der Waals surface area contributed by atoms with Gasteiger partial charge in [-0.25, -0.2) is 14.8 Å². The second-order valence-corrected chi connectivity index (χ2v) is 5.27. The van der Waals surface area contributed by atoms with Crippen LogP contribution in [0, 0.1) is 0 Å². The summed E-state index contributed by atoms with van der Waals surface area (Å²) >= 11 is 3.40. The van der Waals surface area contributed by atoms with Gasteiger partial charge in [-0.15, -0.1) is 0 Å². The highest BCUT2D eigenvalue weighted by Crippen LogP contribution is 2.35. The van der Waals surface area contributed by atoms with Gasteiger partial charge in [-0.1, -0.05) is 28.1 Å². The van der Waals surface area contributed by atoms with E-state index in [2.05, 4.69) is 25.9 Å². The largest absolute Gasteiger partial charge is 0.503 e. The number of carbonyl (C=O) groups excluding carboxylic acids is 1. The Morgan fingerprint density at radius 1 is 1.20 bits per heavy atom. The van der Waals surface area contributed by atoms with Crippen LogP contribution < -0.4 is 9.47 Å². The average Bonchev–Trinajstić information content (AvgIpc) is 2.65. The Balaban J connectivity index is 2.54. The van der Waals surface area contributed by atoms with Crippen molar-refractivity contribution >= 4 is 27.5 Å². The average molecular weight is 409 g/mol. The Kier molecular flexibility index (Phi) is 6.76. The third kappa shape index (κ3) is 4.48. The van der Waals surface area contributed by atoms with Crippen molar-refractivity contribution in [1.82, 2.24) is 9.97 Å². The number of halogens is 1. The molecule has 1 aromatic heterocycles. The van der Waals surface area contributed by atoms with Gasteiger partial charge in [0.1, 0.15) is 23.2 Å². The van der Waals surface area contributed by atoms with Crippen LogP contribution in [0.2, 0.25) is 0 Å². The lowest BCUT2D eigenvalue weighted by molar-refractivity contribution is -0.133. The molecule has 2 aromatic rings. The van der Waals surface area contributed by atoms with Crippen LogP contribution >= 0.6 is 15.9 Å². The van der Waals surface area contributed by atoms with Gasteiger partial charge in [0, 0.05) is 5.33 Å². The van der Waals surface area contributed by atoms with Gasteiger partial charge < -0.3 is 18.9 Å². The summed E-state index contributed by atoms with van der Waals surface area (Å²) in [4.78, 5) is 20.3. The second-order valence-electron chi connectivity index (χ2n) is 4.71. The van der Waals surface area contributed by atoms with Crippen molar-refractivity contribution in [3.63, 3.8) is 0 Å². The van der Waals surface area contributed by atoms with Crippen LogP contribution in [-0.2, 0) is 19.6 Å². The van der Waals surface area contributed by atoms with Crippen LogP contribution in [0.15, 0.2) is 36.9 Å². The second kappa shape index (κ2) is 9.03. The van der Waals surface area contributed by atoms with Crippen molar-refractivity contribution in [1.29, 1.82) is 0 Å². The SMILES string of the molecule is COC=C(C(=O)OC)c1c(OC)ncnc1Oc1cccc(CBr)c1. The molecule has 0 aliphatic carbocycles. The number of nitrogens with zero attached hydrogens (tertiary/aromatic N) is 2. The lowest BCUT2D eigenvalue weighted by atomic mass is 10.1. The number of carbonyl (C=O) groups is 1. The van der Waals surface area contributed by atoms with E-state index in [1.165, 1.54) is 33.9 Å². The molecule has 1 heterocycles. The summed E-state index contributed by atoms with van der Waals surface area (Å²) in [6, 6.07) is 7.44. The highest BCUT2D eigenvalue weighted by molar-refractivity contribution is 9.08. The molecule has 0 unspecified atom stereocenters. The predicted octanol–water partition coefficient (Wildman–Crippen LogP) is 3.33. The quantitative estimate of drug-likeness (QED) is 0.300. The van der Waals surface area contributed by atoms with Crippen LogP contribution in [-0.4, -0.2) is 37.3 Å². The number of hydrogen-bond donors (Lipinski definition) is 0. The smallest absolute Gasteiger partial charge is 0.342 e. The number of esters is 1. The first kappa shape index (κ1) is 18.7. The molecule has 0 fully saturated rings. The first-order valence-electron chi connectivity index (χ1n) is 7.18. The van der Waals surface area contributed by atoms with Gasteiger partial charge in [-0.3, -0.25) is 0 Å². The van der Waals surface area contributed by atoms with E-state index in [-0.39, 0.29) is 22.9 Å². The molecule has 132 valence electrons. The Morgan fingerprint density at radius 2 is 1.96 bits per heavy atom.